The van der Waals surface area contributed by atoms with Crippen molar-refractivity contribution in [1.82, 2.24) is 4.31 Å². The van der Waals surface area contributed by atoms with Crippen molar-refractivity contribution in [1.29, 1.82) is 0 Å². The third kappa shape index (κ3) is 4.14. The number of carbonyl (C=O) groups excluding carboxylic acids is 1. The van der Waals surface area contributed by atoms with E-state index in [1.807, 2.05) is 0 Å². The summed E-state index contributed by atoms with van der Waals surface area (Å²) in [5, 5.41) is 1.34. The van der Waals surface area contributed by atoms with Crippen LogP contribution in [0, 0.1) is 5.92 Å². The molecule has 28 heavy (non-hydrogen) atoms. The summed E-state index contributed by atoms with van der Waals surface area (Å²) in [7, 11) is -7.67. The first kappa shape index (κ1) is 21.0. The molecule has 2 heterocycles. The lowest BCUT2D eigenvalue weighted by Crippen LogP contribution is -2.42. The van der Waals surface area contributed by atoms with Gasteiger partial charge in [-0.05, 0) is 38.0 Å². The van der Waals surface area contributed by atoms with Crippen LogP contribution in [0.15, 0.2) is 55.8 Å². The van der Waals surface area contributed by atoms with Gasteiger partial charge in [0, 0.05) is 18.5 Å². The van der Waals surface area contributed by atoms with Crippen molar-refractivity contribution in [2.45, 2.75) is 33.8 Å². The number of hydrogen-bond donors (Lipinski definition) is 0. The van der Waals surface area contributed by atoms with Gasteiger partial charge in [0.15, 0.2) is 0 Å². The Morgan fingerprint density at radius 1 is 1.18 bits per heavy atom. The second kappa shape index (κ2) is 8.32. The van der Waals surface area contributed by atoms with E-state index in [0.29, 0.717) is 12.8 Å². The van der Waals surface area contributed by atoms with Crippen molar-refractivity contribution in [3.8, 4) is 0 Å². The number of nitrogens with zero attached hydrogens (tertiary/aromatic N) is 1. The molecular weight excluding hydrogens is 422 g/mol. The smallest absolute Gasteiger partial charge is 0.310 e. The van der Waals surface area contributed by atoms with Gasteiger partial charge in [-0.15, -0.1) is 11.3 Å². The minimum absolute atomic E-state index is 0.0415. The summed E-state index contributed by atoms with van der Waals surface area (Å²) in [6, 6.07) is 9.06. The van der Waals surface area contributed by atoms with Crippen LogP contribution in [0.5, 0.6) is 0 Å². The predicted octanol–water partition coefficient (Wildman–Crippen LogP) is 2.54. The highest BCUT2D eigenvalue weighted by Gasteiger charge is 2.35. The molecule has 0 bridgehead atoms. The third-order valence-corrected chi connectivity index (χ3v) is 9.69. The second-order valence-corrected chi connectivity index (χ2v) is 11.4. The van der Waals surface area contributed by atoms with E-state index in [1.165, 1.54) is 27.9 Å². The Morgan fingerprint density at radius 2 is 1.89 bits per heavy atom. The van der Waals surface area contributed by atoms with Crippen molar-refractivity contribution in [2.24, 2.45) is 5.92 Å². The maximum Gasteiger partial charge on any atom is 0.310 e. The van der Waals surface area contributed by atoms with Crippen molar-refractivity contribution in [3.05, 3.63) is 41.8 Å². The molecule has 2 aromatic rings. The number of piperidine rings is 1. The first-order chi connectivity index (χ1) is 13.3. The summed E-state index contributed by atoms with van der Waals surface area (Å²) < 4.78 is 57.6. The minimum atomic E-state index is -3.89. The molecular formula is C18H21NO6S3. The number of thiophene rings is 1. The van der Waals surface area contributed by atoms with E-state index >= 15 is 0 Å². The van der Waals surface area contributed by atoms with Gasteiger partial charge in [-0.3, -0.25) is 4.79 Å². The Balaban J connectivity index is 1.85. The van der Waals surface area contributed by atoms with Crippen molar-refractivity contribution >= 4 is 37.2 Å². The van der Waals surface area contributed by atoms with Gasteiger partial charge in [0.05, 0.1) is 22.3 Å². The molecule has 0 amide bonds. The van der Waals surface area contributed by atoms with Gasteiger partial charge in [0.2, 0.25) is 9.84 Å². The third-order valence-electron chi connectivity index (χ3n) is 4.51. The number of ether oxygens (including phenoxy) is 1. The van der Waals surface area contributed by atoms with Crippen molar-refractivity contribution in [2.75, 3.05) is 19.7 Å². The monoisotopic (exact) mass is 443 g/mol. The molecule has 0 N–H and O–H groups in total. The van der Waals surface area contributed by atoms with Crippen LogP contribution in [-0.2, 0) is 29.4 Å². The zero-order valence-electron chi connectivity index (χ0n) is 15.3. The Kier molecular flexibility index (Phi) is 6.23. The molecule has 1 saturated heterocycles. The number of benzene rings is 1. The van der Waals surface area contributed by atoms with Crippen LogP contribution >= 0.6 is 11.3 Å². The number of hydrogen-bond acceptors (Lipinski definition) is 7. The highest BCUT2D eigenvalue weighted by Crippen LogP contribution is 2.32. The Morgan fingerprint density at radius 3 is 2.57 bits per heavy atom. The fraction of sp³-hybridized carbons (Fsp3) is 0.389. The predicted molar refractivity (Wildman–Crippen MR) is 104 cm³/mol. The molecule has 1 aliphatic rings. The van der Waals surface area contributed by atoms with Crippen molar-refractivity contribution in [3.63, 3.8) is 0 Å². The molecule has 0 aliphatic carbocycles. The van der Waals surface area contributed by atoms with Crippen LogP contribution in [0.1, 0.15) is 19.8 Å². The van der Waals surface area contributed by atoms with Crippen LogP contribution < -0.4 is 0 Å². The summed E-state index contributed by atoms with van der Waals surface area (Å²) in [5.41, 5.74) is 0. The highest BCUT2D eigenvalue weighted by molar-refractivity contribution is 7.92. The molecule has 10 heteroatoms. The summed E-state index contributed by atoms with van der Waals surface area (Å²) in [4.78, 5) is 12.0. The van der Waals surface area contributed by atoms with E-state index in [9.17, 15) is 21.6 Å². The van der Waals surface area contributed by atoms with E-state index in [-0.39, 0.29) is 33.7 Å². The molecule has 0 spiro atoms. The average Bonchev–Trinajstić information content (AvgIpc) is 3.21. The van der Waals surface area contributed by atoms with Gasteiger partial charge in [-0.25, -0.2) is 16.8 Å². The molecule has 7 nitrogen and oxygen atoms in total. The van der Waals surface area contributed by atoms with E-state index in [1.54, 1.807) is 25.1 Å². The van der Waals surface area contributed by atoms with E-state index < -0.39 is 31.7 Å². The molecule has 1 aromatic heterocycles. The Bertz CT molecular complexity index is 1040. The number of rotatable bonds is 6. The SMILES string of the molecule is CCOC(=O)[C@@H]1CCCN(S(=O)(=O)c2cc(S(=O)(=O)c3ccccc3)cs2)C1. The lowest BCUT2D eigenvalue weighted by Gasteiger charge is -2.30. The molecule has 1 fully saturated rings. The van der Waals surface area contributed by atoms with Gasteiger partial charge in [-0.2, -0.15) is 4.31 Å². The summed E-state index contributed by atoms with van der Waals surface area (Å²) in [5.74, 6) is -0.906. The molecule has 0 radical (unpaired) electrons. The molecule has 3 rings (SSSR count). The van der Waals surface area contributed by atoms with Crippen molar-refractivity contribution < 1.29 is 26.4 Å². The van der Waals surface area contributed by atoms with E-state index in [2.05, 4.69) is 0 Å². The number of sulfone groups is 1. The van der Waals surface area contributed by atoms with E-state index in [4.69, 9.17) is 4.74 Å². The molecule has 1 atom stereocenters. The summed E-state index contributed by atoms with van der Waals surface area (Å²) in [6.07, 6.45) is 1.12. The second-order valence-electron chi connectivity index (χ2n) is 6.37. The fourth-order valence-electron chi connectivity index (χ4n) is 3.05. The normalized spacial score (nSPS) is 18.7. The standard InChI is InChI=1S/C18H21NO6S3/c1-2-25-18(20)14-7-6-10-19(12-14)28(23,24)17-11-16(13-26-17)27(21,22)15-8-4-3-5-9-15/h3-5,8-9,11,13-14H,2,6-7,10,12H2,1H3/t14-/m1/s1. The molecule has 0 saturated carbocycles. The van der Waals surface area contributed by atoms with E-state index in [0.717, 1.165) is 11.3 Å². The minimum Gasteiger partial charge on any atom is -0.466 e. The Labute approximate surface area is 168 Å². The van der Waals surface area contributed by atoms with Crippen LogP contribution in [0.25, 0.3) is 0 Å². The number of esters is 1. The summed E-state index contributed by atoms with van der Waals surface area (Å²) in [6.45, 7) is 2.28. The summed E-state index contributed by atoms with van der Waals surface area (Å²) >= 11 is 0.867. The number of sulfonamides is 1. The van der Waals surface area contributed by atoms with Gasteiger partial charge in [-0.1, -0.05) is 18.2 Å². The molecule has 0 unspecified atom stereocenters. The zero-order chi connectivity index (χ0) is 20.4. The maximum atomic E-state index is 13.0. The van der Waals surface area contributed by atoms with Gasteiger partial charge >= 0.3 is 5.97 Å². The molecule has 152 valence electrons. The Hall–Kier alpha value is -1.75. The fourth-order valence-corrected chi connectivity index (χ4v) is 7.63. The number of carbonyl (C=O) groups is 1. The van der Waals surface area contributed by atoms with Gasteiger partial charge < -0.3 is 4.74 Å². The lowest BCUT2D eigenvalue weighted by molar-refractivity contribution is -0.149. The van der Waals surface area contributed by atoms with Crippen LogP contribution in [-0.4, -0.2) is 46.8 Å². The topological polar surface area (TPSA) is 97.8 Å². The first-order valence-electron chi connectivity index (χ1n) is 8.82. The maximum absolute atomic E-state index is 13.0. The van der Waals surface area contributed by atoms with Crippen LogP contribution in [0.4, 0.5) is 0 Å². The molecule has 1 aromatic carbocycles. The average molecular weight is 444 g/mol. The van der Waals surface area contributed by atoms with Gasteiger partial charge in [0.1, 0.15) is 4.21 Å². The lowest BCUT2D eigenvalue weighted by atomic mass is 10.0. The zero-order valence-corrected chi connectivity index (χ0v) is 17.7. The van der Waals surface area contributed by atoms with Gasteiger partial charge in [0.25, 0.3) is 10.0 Å². The molecule has 1 aliphatic heterocycles. The first-order valence-corrected chi connectivity index (χ1v) is 12.6. The largest absolute Gasteiger partial charge is 0.466 e. The van der Waals surface area contributed by atoms with Crippen LogP contribution in [0.2, 0.25) is 0 Å². The quantitative estimate of drug-likeness (QED) is 0.637. The van der Waals surface area contributed by atoms with Crippen LogP contribution in [0.3, 0.4) is 0 Å². The highest BCUT2D eigenvalue weighted by atomic mass is 32.2.